The SMILES string of the molecule is CCc1cc(C(=O)NCC2CCCO2)cc(NC)n1. The third kappa shape index (κ3) is 3.67. The van der Waals surface area contributed by atoms with Crippen LogP contribution >= 0.6 is 0 Å². The quantitative estimate of drug-likeness (QED) is 0.847. The number of rotatable bonds is 5. The lowest BCUT2D eigenvalue weighted by molar-refractivity contribution is 0.0857. The van der Waals surface area contributed by atoms with Gasteiger partial charge in [0.05, 0.1) is 6.10 Å². The first-order valence-corrected chi connectivity index (χ1v) is 6.81. The maximum atomic E-state index is 12.1. The Bertz CT molecular complexity index is 420. The van der Waals surface area contributed by atoms with Gasteiger partial charge in [-0.15, -0.1) is 0 Å². The van der Waals surface area contributed by atoms with Gasteiger partial charge in [-0.05, 0) is 31.4 Å². The highest BCUT2D eigenvalue weighted by Crippen LogP contribution is 2.13. The molecule has 0 aromatic carbocycles. The van der Waals surface area contributed by atoms with Crippen molar-refractivity contribution >= 4 is 11.7 Å². The highest BCUT2D eigenvalue weighted by molar-refractivity contribution is 5.95. The third-order valence-electron chi connectivity index (χ3n) is 3.27. The van der Waals surface area contributed by atoms with Gasteiger partial charge in [0.15, 0.2) is 0 Å². The maximum absolute atomic E-state index is 12.1. The second kappa shape index (κ2) is 6.52. The Morgan fingerprint density at radius 3 is 3.00 bits per heavy atom. The summed E-state index contributed by atoms with van der Waals surface area (Å²) in [6, 6.07) is 3.61. The van der Waals surface area contributed by atoms with Crippen LogP contribution < -0.4 is 10.6 Å². The monoisotopic (exact) mass is 263 g/mol. The summed E-state index contributed by atoms with van der Waals surface area (Å²) in [5.41, 5.74) is 1.56. The molecule has 1 amide bonds. The molecule has 1 unspecified atom stereocenters. The Labute approximate surface area is 113 Å². The van der Waals surface area contributed by atoms with Crippen molar-refractivity contribution in [2.24, 2.45) is 0 Å². The molecule has 1 atom stereocenters. The van der Waals surface area contributed by atoms with Crippen LogP contribution in [0.15, 0.2) is 12.1 Å². The molecule has 19 heavy (non-hydrogen) atoms. The maximum Gasteiger partial charge on any atom is 0.251 e. The molecule has 1 aliphatic rings. The van der Waals surface area contributed by atoms with Crippen molar-refractivity contribution in [3.8, 4) is 0 Å². The summed E-state index contributed by atoms with van der Waals surface area (Å²) in [6.45, 7) is 3.41. The van der Waals surface area contributed by atoms with E-state index in [-0.39, 0.29) is 12.0 Å². The summed E-state index contributed by atoms with van der Waals surface area (Å²) < 4.78 is 5.49. The van der Waals surface area contributed by atoms with Crippen LogP contribution in [0.4, 0.5) is 5.82 Å². The second-order valence-corrected chi connectivity index (χ2v) is 4.68. The molecule has 5 heteroatoms. The zero-order valence-corrected chi connectivity index (χ0v) is 11.5. The Hall–Kier alpha value is -1.62. The topological polar surface area (TPSA) is 63.2 Å². The van der Waals surface area contributed by atoms with Crippen molar-refractivity contribution in [1.82, 2.24) is 10.3 Å². The lowest BCUT2D eigenvalue weighted by atomic mass is 10.1. The first-order chi connectivity index (χ1) is 9.22. The van der Waals surface area contributed by atoms with E-state index in [9.17, 15) is 4.79 Å². The van der Waals surface area contributed by atoms with Crippen molar-refractivity contribution in [3.05, 3.63) is 23.4 Å². The van der Waals surface area contributed by atoms with Crippen LogP contribution in [0.2, 0.25) is 0 Å². The van der Waals surface area contributed by atoms with Gasteiger partial charge in [0, 0.05) is 31.5 Å². The van der Waals surface area contributed by atoms with Gasteiger partial charge in [0.25, 0.3) is 5.91 Å². The van der Waals surface area contributed by atoms with Crippen LogP contribution in [-0.2, 0) is 11.2 Å². The molecule has 0 saturated carbocycles. The summed E-state index contributed by atoms with van der Waals surface area (Å²) in [5.74, 6) is 0.658. The average Bonchev–Trinajstić information content (AvgIpc) is 2.97. The van der Waals surface area contributed by atoms with Gasteiger partial charge in [-0.25, -0.2) is 4.98 Å². The molecule has 1 saturated heterocycles. The van der Waals surface area contributed by atoms with Gasteiger partial charge in [-0.2, -0.15) is 0 Å². The molecule has 2 N–H and O–H groups in total. The predicted molar refractivity (Wildman–Crippen MR) is 74.5 cm³/mol. The van der Waals surface area contributed by atoms with E-state index >= 15 is 0 Å². The molecule has 0 bridgehead atoms. The minimum atomic E-state index is -0.0656. The summed E-state index contributed by atoms with van der Waals surface area (Å²) in [7, 11) is 1.80. The Kier molecular flexibility index (Phi) is 4.74. The predicted octanol–water partition coefficient (Wildman–Crippen LogP) is 1.59. The first-order valence-electron chi connectivity index (χ1n) is 6.81. The second-order valence-electron chi connectivity index (χ2n) is 4.68. The smallest absolute Gasteiger partial charge is 0.251 e. The molecule has 1 aliphatic heterocycles. The Balaban J connectivity index is 2.00. The van der Waals surface area contributed by atoms with Gasteiger partial charge in [0.2, 0.25) is 0 Å². The van der Waals surface area contributed by atoms with Gasteiger partial charge >= 0.3 is 0 Å². The number of hydrogen-bond donors (Lipinski definition) is 2. The Morgan fingerprint density at radius 2 is 2.37 bits per heavy atom. The number of amides is 1. The van der Waals surface area contributed by atoms with E-state index in [0.29, 0.717) is 12.1 Å². The van der Waals surface area contributed by atoms with Gasteiger partial charge in [-0.1, -0.05) is 6.92 Å². The molecular formula is C14H21N3O2. The lowest BCUT2D eigenvalue weighted by Gasteiger charge is -2.12. The summed E-state index contributed by atoms with van der Waals surface area (Å²) >= 11 is 0. The van der Waals surface area contributed by atoms with E-state index in [1.807, 2.05) is 13.0 Å². The van der Waals surface area contributed by atoms with Crippen molar-refractivity contribution in [3.63, 3.8) is 0 Å². The van der Waals surface area contributed by atoms with Crippen LogP contribution in [0.5, 0.6) is 0 Å². The number of aryl methyl sites for hydroxylation is 1. The number of hydrogen-bond acceptors (Lipinski definition) is 4. The van der Waals surface area contributed by atoms with Crippen molar-refractivity contribution < 1.29 is 9.53 Å². The third-order valence-corrected chi connectivity index (χ3v) is 3.27. The number of aromatic nitrogens is 1. The fourth-order valence-corrected chi connectivity index (χ4v) is 2.14. The largest absolute Gasteiger partial charge is 0.376 e. The van der Waals surface area contributed by atoms with Gasteiger partial charge < -0.3 is 15.4 Å². The van der Waals surface area contributed by atoms with Crippen LogP contribution in [0.3, 0.4) is 0 Å². The summed E-state index contributed by atoms with van der Waals surface area (Å²) in [5, 5.41) is 5.90. The number of pyridine rings is 1. The van der Waals surface area contributed by atoms with E-state index in [1.54, 1.807) is 13.1 Å². The van der Waals surface area contributed by atoms with E-state index in [2.05, 4.69) is 15.6 Å². The standard InChI is InChI=1S/C14H21N3O2/c1-3-11-7-10(8-13(15-2)17-11)14(18)16-9-12-5-4-6-19-12/h7-8,12H,3-6,9H2,1-2H3,(H,15,17)(H,16,18). The molecule has 1 aromatic rings. The molecule has 1 aromatic heterocycles. The number of carbonyl (C=O) groups excluding carboxylic acids is 1. The van der Waals surface area contributed by atoms with Crippen LogP contribution in [0, 0.1) is 0 Å². The molecule has 2 heterocycles. The van der Waals surface area contributed by atoms with E-state index in [0.717, 1.165) is 37.4 Å². The first kappa shape index (κ1) is 13.8. The minimum Gasteiger partial charge on any atom is -0.376 e. The van der Waals surface area contributed by atoms with Crippen LogP contribution in [0.25, 0.3) is 0 Å². The number of nitrogens with one attached hydrogen (secondary N) is 2. The number of ether oxygens (including phenoxy) is 1. The molecular weight excluding hydrogens is 242 g/mol. The Morgan fingerprint density at radius 1 is 1.53 bits per heavy atom. The minimum absolute atomic E-state index is 0.0656. The number of anilines is 1. The molecule has 2 rings (SSSR count). The van der Waals surface area contributed by atoms with Gasteiger partial charge in [0.1, 0.15) is 5.82 Å². The summed E-state index contributed by atoms with van der Waals surface area (Å²) in [6.07, 6.45) is 3.08. The van der Waals surface area contributed by atoms with E-state index in [4.69, 9.17) is 4.74 Å². The fourth-order valence-electron chi connectivity index (χ4n) is 2.14. The number of carbonyl (C=O) groups is 1. The highest BCUT2D eigenvalue weighted by atomic mass is 16.5. The normalized spacial score (nSPS) is 18.3. The molecule has 5 nitrogen and oxygen atoms in total. The van der Waals surface area contributed by atoms with E-state index in [1.165, 1.54) is 0 Å². The van der Waals surface area contributed by atoms with E-state index < -0.39 is 0 Å². The van der Waals surface area contributed by atoms with Crippen molar-refractivity contribution in [2.75, 3.05) is 25.5 Å². The fraction of sp³-hybridized carbons (Fsp3) is 0.571. The number of nitrogens with zero attached hydrogens (tertiary/aromatic N) is 1. The molecule has 1 fully saturated rings. The highest BCUT2D eigenvalue weighted by Gasteiger charge is 2.17. The van der Waals surface area contributed by atoms with Crippen molar-refractivity contribution in [2.45, 2.75) is 32.3 Å². The molecule has 104 valence electrons. The summed E-state index contributed by atoms with van der Waals surface area (Å²) in [4.78, 5) is 16.5. The molecule has 0 aliphatic carbocycles. The zero-order valence-electron chi connectivity index (χ0n) is 11.5. The van der Waals surface area contributed by atoms with Crippen molar-refractivity contribution in [1.29, 1.82) is 0 Å². The van der Waals surface area contributed by atoms with Crippen LogP contribution in [0.1, 0.15) is 35.8 Å². The molecule has 0 spiro atoms. The average molecular weight is 263 g/mol. The van der Waals surface area contributed by atoms with Gasteiger partial charge in [-0.3, -0.25) is 4.79 Å². The lowest BCUT2D eigenvalue weighted by Crippen LogP contribution is -2.31. The zero-order chi connectivity index (χ0) is 13.7. The van der Waals surface area contributed by atoms with Crippen LogP contribution in [-0.4, -0.2) is 37.2 Å². The molecule has 0 radical (unpaired) electrons.